The summed E-state index contributed by atoms with van der Waals surface area (Å²) in [6.07, 6.45) is 1.27. The van der Waals surface area contributed by atoms with Gasteiger partial charge in [0.05, 0.1) is 16.9 Å². The van der Waals surface area contributed by atoms with Gasteiger partial charge in [0.25, 0.3) is 0 Å². The molecule has 0 bridgehead atoms. The van der Waals surface area contributed by atoms with Crippen LogP contribution in [-0.2, 0) is 0 Å². The highest BCUT2D eigenvalue weighted by molar-refractivity contribution is 6.38. The summed E-state index contributed by atoms with van der Waals surface area (Å²) in [5.41, 5.74) is 3.44. The molecule has 0 aliphatic rings. The molecule has 0 fully saturated rings. The van der Waals surface area contributed by atoms with E-state index < -0.39 is 5.75 Å². The number of nitrogens with zero attached hydrogens (tertiary/aromatic N) is 1. The van der Waals surface area contributed by atoms with Crippen molar-refractivity contribution in [3.05, 3.63) is 51.8 Å². The molecule has 2 rings (SSSR count). The van der Waals surface area contributed by atoms with E-state index in [2.05, 4.69) is 10.5 Å². The molecule has 7 heteroatoms. The lowest BCUT2D eigenvalue weighted by Gasteiger charge is -2.06. The molecular weight excluding hydrogens is 306 g/mol. The molecule has 0 saturated carbocycles. The Morgan fingerprint density at radius 3 is 2.40 bits per heavy atom. The summed E-state index contributed by atoms with van der Waals surface area (Å²) >= 11 is 11.4. The number of hydrazone groups is 1. The van der Waals surface area contributed by atoms with Crippen LogP contribution in [-0.4, -0.2) is 16.4 Å². The highest BCUT2D eigenvalue weighted by Crippen LogP contribution is 2.40. The molecule has 2 aromatic rings. The maximum atomic E-state index is 12.7. The molecule has 0 aliphatic carbocycles. The number of rotatable bonds is 3. The molecule has 0 atom stereocenters. The second-order valence-corrected chi connectivity index (χ2v) is 4.62. The zero-order valence-corrected chi connectivity index (χ0v) is 11.5. The normalized spacial score (nSPS) is 10.9. The zero-order chi connectivity index (χ0) is 14.7. The summed E-state index contributed by atoms with van der Waals surface area (Å²) in [4.78, 5) is 0. The van der Waals surface area contributed by atoms with Gasteiger partial charge in [-0.1, -0.05) is 23.2 Å². The van der Waals surface area contributed by atoms with Gasteiger partial charge >= 0.3 is 0 Å². The lowest BCUT2D eigenvalue weighted by molar-refractivity contribution is 0.450. The van der Waals surface area contributed by atoms with Gasteiger partial charge in [-0.25, -0.2) is 4.39 Å². The molecule has 0 aromatic heterocycles. The number of phenols is 2. The topological polar surface area (TPSA) is 64.9 Å². The minimum atomic E-state index is -0.394. The molecule has 0 spiro atoms. The number of hydrogen-bond acceptors (Lipinski definition) is 4. The molecule has 104 valence electrons. The number of halogens is 3. The predicted molar refractivity (Wildman–Crippen MR) is 77.4 cm³/mol. The quantitative estimate of drug-likeness (QED) is 0.593. The summed E-state index contributed by atoms with van der Waals surface area (Å²) in [6.45, 7) is 0. The first kappa shape index (κ1) is 14.4. The van der Waals surface area contributed by atoms with Crippen molar-refractivity contribution in [3.63, 3.8) is 0 Å². The highest BCUT2D eigenvalue weighted by atomic mass is 35.5. The van der Waals surface area contributed by atoms with Crippen LogP contribution in [0.5, 0.6) is 11.5 Å². The Kier molecular flexibility index (Phi) is 4.32. The van der Waals surface area contributed by atoms with Gasteiger partial charge in [0.2, 0.25) is 0 Å². The molecule has 20 heavy (non-hydrogen) atoms. The number of benzene rings is 2. The van der Waals surface area contributed by atoms with Crippen LogP contribution in [0.15, 0.2) is 35.4 Å². The Morgan fingerprint density at radius 1 is 1.10 bits per heavy atom. The van der Waals surface area contributed by atoms with Gasteiger partial charge in [-0.05, 0) is 30.3 Å². The minimum Gasteiger partial charge on any atom is -0.506 e. The molecule has 0 unspecified atom stereocenters. The van der Waals surface area contributed by atoms with Gasteiger partial charge in [-0.15, -0.1) is 0 Å². The number of phenolic OH excluding ortho intramolecular Hbond substituents is 2. The minimum absolute atomic E-state index is 0.00367. The Balaban J connectivity index is 2.18. The highest BCUT2D eigenvalue weighted by Gasteiger charge is 2.13. The first-order chi connectivity index (χ1) is 9.49. The largest absolute Gasteiger partial charge is 0.506 e. The Bertz CT molecular complexity index is 660. The van der Waals surface area contributed by atoms with Gasteiger partial charge in [0, 0.05) is 5.56 Å². The Morgan fingerprint density at radius 2 is 1.75 bits per heavy atom. The molecule has 0 saturated heterocycles. The summed E-state index contributed by atoms with van der Waals surface area (Å²) in [7, 11) is 0. The molecule has 0 radical (unpaired) electrons. The van der Waals surface area contributed by atoms with Crippen LogP contribution in [0.3, 0.4) is 0 Å². The molecule has 3 N–H and O–H groups in total. The van der Waals surface area contributed by atoms with E-state index in [1.165, 1.54) is 36.5 Å². The standard InChI is InChI=1S/C13H9Cl2FN2O2/c14-10-5-7(12(19)11(15)13(10)20)6-17-18-9-3-1-8(16)2-4-9/h1-6,18-20H. The first-order valence-corrected chi connectivity index (χ1v) is 6.19. The average Bonchev–Trinajstić information content (AvgIpc) is 2.44. The van der Waals surface area contributed by atoms with Crippen molar-refractivity contribution in [3.8, 4) is 11.5 Å². The molecule has 4 nitrogen and oxygen atoms in total. The van der Waals surface area contributed by atoms with E-state index in [0.29, 0.717) is 5.69 Å². The zero-order valence-electron chi connectivity index (χ0n) is 9.94. The van der Waals surface area contributed by atoms with Crippen LogP contribution in [0.2, 0.25) is 10.0 Å². The third-order valence-corrected chi connectivity index (χ3v) is 3.09. The van der Waals surface area contributed by atoms with Gasteiger partial charge in [0.15, 0.2) is 5.75 Å². The fourth-order valence-corrected chi connectivity index (χ4v) is 1.89. The van der Waals surface area contributed by atoms with Gasteiger partial charge in [-0.2, -0.15) is 5.10 Å². The van der Waals surface area contributed by atoms with Crippen LogP contribution in [0.1, 0.15) is 5.56 Å². The van der Waals surface area contributed by atoms with E-state index in [9.17, 15) is 14.6 Å². The SMILES string of the molecule is Oc1c(Cl)cc(C=NNc2ccc(F)cc2)c(O)c1Cl. The fourth-order valence-electron chi connectivity index (χ4n) is 1.42. The van der Waals surface area contributed by atoms with Crippen molar-refractivity contribution < 1.29 is 14.6 Å². The van der Waals surface area contributed by atoms with E-state index in [1.54, 1.807) is 0 Å². The lowest BCUT2D eigenvalue weighted by Crippen LogP contribution is -1.92. The summed E-state index contributed by atoms with van der Waals surface area (Å²) in [5, 5.41) is 22.7. The Labute approximate surface area is 124 Å². The smallest absolute Gasteiger partial charge is 0.156 e. The van der Waals surface area contributed by atoms with Crippen LogP contribution in [0.25, 0.3) is 0 Å². The van der Waals surface area contributed by atoms with E-state index in [-0.39, 0.29) is 27.2 Å². The third-order valence-electron chi connectivity index (χ3n) is 2.44. The maximum absolute atomic E-state index is 12.7. The number of aromatic hydroxyl groups is 2. The van der Waals surface area contributed by atoms with Gasteiger partial charge in [-0.3, -0.25) is 5.43 Å². The molecular formula is C13H9Cl2FN2O2. The first-order valence-electron chi connectivity index (χ1n) is 5.43. The Hall–Kier alpha value is -1.98. The number of nitrogens with one attached hydrogen (secondary N) is 1. The van der Waals surface area contributed by atoms with Crippen LogP contribution in [0, 0.1) is 5.82 Å². The van der Waals surface area contributed by atoms with Crippen LogP contribution < -0.4 is 5.43 Å². The van der Waals surface area contributed by atoms with E-state index in [0.717, 1.165) is 0 Å². The van der Waals surface area contributed by atoms with Crippen molar-refractivity contribution in [1.29, 1.82) is 0 Å². The van der Waals surface area contributed by atoms with Crippen molar-refractivity contribution in [2.24, 2.45) is 5.10 Å². The van der Waals surface area contributed by atoms with Gasteiger partial charge in [0.1, 0.15) is 16.6 Å². The van der Waals surface area contributed by atoms with Crippen molar-refractivity contribution >= 4 is 35.1 Å². The summed E-state index contributed by atoms with van der Waals surface area (Å²) < 4.78 is 12.7. The number of anilines is 1. The fraction of sp³-hybridized carbons (Fsp3) is 0. The monoisotopic (exact) mass is 314 g/mol. The average molecular weight is 315 g/mol. The third kappa shape index (κ3) is 3.12. The van der Waals surface area contributed by atoms with E-state index >= 15 is 0 Å². The molecule has 0 amide bonds. The van der Waals surface area contributed by atoms with E-state index in [1.807, 2.05) is 0 Å². The molecule has 2 aromatic carbocycles. The van der Waals surface area contributed by atoms with Crippen molar-refractivity contribution in [1.82, 2.24) is 0 Å². The van der Waals surface area contributed by atoms with Crippen molar-refractivity contribution in [2.75, 3.05) is 5.43 Å². The second kappa shape index (κ2) is 5.98. The molecule has 0 heterocycles. The summed E-state index contributed by atoms with van der Waals surface area (Å²) in [6, 6.07) is 6.88. The van der Waals surface area contributed by atoms with Crippen molar-refractivity contribution in [2.45, 2.75) is 0 Å². The van der Waals surface area contributed by atoms with Crippen LogP contribution >= 0.6 is 23.2 Å². The maximum Gasteiger partial charge on any atom is 0.156 e. The molecule has 0 aliphatic heterocycles. The van der Waals surface area contributed by atoms with Crippen LogP contribution in [0.4, 0.5) is 10.1 Å². The predicted octanol–water partition coefficient (Wildman–Crippen LogP) is 3.99. The van der Waals surface area contributed by atoms with E-state index in [4.69, 9.17) is 23.2 Å². The number of hydrogen-bond donors (Lipinski definition) is 3. The second-order valence-electron chi connectivity index (χ2n) is 3.84. The summed E-state index contributed by atoms with van der Waals surface area (Å²) in [5.74, 6) is -1.08. The lowest BCUT2D eigenvalue weighted by atomic mass is 10.2. The van der Waals surface area contributed by atoms with Gasteiger partial charge < -0.3 is 10.2 Å².